The number of halogens is 2. The van der Waals surface area contributed by atoms with Crippen LogP contribution in [-0.2, 0) is 4.79 Å². The Morgan fingerprint density at radius 3 is 2.56 bits per heavy atom. The molecule has 0 radical (unpaired) electrons. The summed E-state index contributed by atoms with van der Waals surface area (Å²) in [5, 5.41) is 11.3. The first-order valence-corrected chi connectivity index (χ1v) is 6.00. The van der Waals surface area contributed by atoms with Crippen LogP contribution in [0.5, 0.6) is 0 Å². The molecular weight excluding hydrogens is 305 g/mol. The first-order chi connectivity index (χ1) is 8.21. The molecule has 0 unspecified atom stereocenters. The lowest BCUT2D eigenvalue weighted by Gasteiger charge is -2.24. The van der Waals surface area contributed by atoms with Crippen molar-refractivity contribution in [3.8, 4) is 0 Å². The molecule has 0 aromatic heterocycles. The highest BCUT2D eigenvalue weighted by atomic mass is 79.9. The number of amides is 1. The molecule has 0 atom stereocenters. The van der Waals surface area contributed by atoms with Crippen LogP contribution in [0, 0.1) is 5.82 Å². The lowest BCUT2D eigenvalue weighted by molar-refractivity contribution is -0.138. The third-order valence-electron chi connectivity index (χ3n) is 2.23. The standard InChI is InChI=1S/C12H13BrFNO3/c1-12(2,6-10(16)17)15-11(18)7-3-4-9(14)8(13)5-7/h3-5H,6H2,1-2H3,(H,15,18)(H,16,17). The molecule has 0 aliphatic heterocycles. The van der Waals surface area contributed by atoms with Crippen molar-refractivity contribution in [3.05, 3.63) is 34.1 Å². The van der Waals surface area contributed by atoms with Crippen molar-refractivity contribution in [2.75, 3.05) is 0 Å². The zero-order chi connectivity index (χ0) is 13.9. The van der Waals surface area contributed by atoms with Gasteiger partial charge in [0.05, 0.1) is 10.9 Å². The molecule has 1 aromatic carbocycles. The van der Waals surface area contributed by atoms with Gasteiger partial charge in [-0.3, -0.25) is 9.59 Å². The van der Waals surface area contributed by atoms with Crippen molar-refractivity contribution in [2.24, 2.45) is 0 Å². The van der Waals surface area contributed by atoms with E-state index in [0.717, 1.165) is 0 Å². The summed E-state index contributed by atoms with van der Waals surface area (Å²) in [5.74, 6) is -1.90. The predicted molar refractivity (Wildman–Crippen MR) is 67.9 cm³/mol. The van der Waals surface area contributed by atoms with E-state index >= 15 is 0 Å². The highest BCUT2D eigenvalue weighted by molar-refractivity contribution is 9.10. The minimum atomic E-state index is -0.999. The van der Waals surface area contributed by atoms with E-state index in [1.54, 1.807) is 13.8 Å². The number of hydrogen-bond donors (Lipinski definition) is 2. The average Bonchev–Trinajstić information content (AvgIpc) is 2.19. The number of hydrogen-bond acceptors (Lipinski definition) is 2. The Hall–Kier alpha value is -1.43. The van der Waals surface area contributed by atoms with Gasteiger partial charge in [0.15, 0.2) is 0 Å². The third kappa shape index (κ3) is 4.10. The van der Waals surface area contributed by atoms with Crippen LogP contribution >= 0.6 is 15.9 Å². The SMILES string of the molecule is CC(C)(CC(=O)O)NC(=O)c1ccc(F)c(Br)c1. The van der Waals surface area contributed by atoms with Gasteiger partial charge >= 0.3 is 5.97 Å². The summed E-state index contributed by atoms with van der Waals surface area (Å²) in [7, 11) is 0. The molecule has 0 aliphatic rings. The molecule has 98 valence electrons. The van der Waals surface area contributed by atoms with Crippen LogP contribution < -0.4 is 5.32 Å². The van der Waals surface area contributed by atoms with Gasteiger partial charge in [0.2, 0.25) is 0 Å². The fourth-order valence-corrected chi connectivity index (χ4v) is 1.82. The van der Waals surface area contributed by atoms with E-state index in [9.17, 15) is 14.0 Å². The summed E-state index contributed by atoms with van der Waals surface area (Å²) in [6, 6.07) is 3.86. The number of carboxylic acids is 1. The van der Waals surface area contributed by atoms with Gasteiger partial charge in [-0.1, -0.05) is 0 Å². The van der Waals surface area contributed by atoms with Crippen LogP contribution in [-0.4, -0.2) is 22.5 Å². The van der Waals surface area contributed by atoms with E-state index in [-0.39, 0.29) is 16.5 Å². The fourth-order valence-electron chi connectivity index (χ4n) is 1.44. The molecule has 1 amide bonds. The third-order valence-corrected chi connectivity index (χ3v) is 2.83. The number of aliphatic carboxylic acids is 1. The largest absolute Gasteiger partial charge is 0.481 e. The van der Waals surface area contributed by atoms with E-state index in [1.165, 1.54) is 18.2 Å². The topological polar surface area (TPSA) is 66.4 Å². The lowest BCUT2D eigenvalue weighted by Crippen LogP contribution is -2.44. The van der Waals surface area contributed by atoms with E-state index < -0.39 is 23.2 Å². The van der Waals surface area contributed by atoms with Gasteiger partial charge in [-0.05, 0) is 48.0 Å². The Bertz CT molecular complexity index is 488. The van der Waals surface area contributed by atoms with Gasteiger partial charge in [0.1, 0.15) is 5.82 Å². The molecule has 1 rings (SSSR count). The van der Waals surface area contributed by atoms with Crippen molar-refractivity contribution in [1.82, 2.24) is 5.32 Å². The predicted octanol–water partition coefficient (Wildman–Crippen LogP) is 2.57. The monoisotopic (exact) mass is 317 g/mol. The summed E-state index contributed by atoms with van der Waals surface area (Å²) in [5.41, 5.74) is -0.606. The maximum absolute atomic E-state index is 13.0. The summed E-state index contributed by atoms with van der Waals surface area (Å²) < 4.78 is 13.2. The fraction of sp³-hybridized carbons (Fsp3) is 0.333. The molecule has 0 saturated heterocycles. The minimum Gasteiger partial charge on any atom is -0.481 e. The van der Waals surface area contributed by atoms with Crippen LogP contribution in [0.15, 0.2) is 22.7 Å². The van der Waals surface area contributed by atoms with Crippen molar-refractivity contribution in [1.29, 1.82) is 0 Å². The van der Waals surface area contributed by atoms with E-state index in [1.807, 2.05) is 0 Å². The van der Waals surface area contributed by atoms with Crippen molar-refractivity contribution >= 4 is 27.8 Å². The minimum absolute atomic E-state index is 0.186. The molecular formula is C12H13BrFNO3. The first-order valence-electron chi connectivity index (χ1n) is 5.20. The summed E-state index contributed by atoms with van der Waals surface area (Å²) in [6.07, 6.45) is -0.193. The van der Waals surface area contributed by atoms with Gasteiger partial charge in [-0.2, -0.15) is 0 Å². The Balaban J connectivity index is 2.82. The Labute approximate surface area is 112 Å². The van der Waals surface area contributed by atoms with Crippen LogP contribution in [0.1, 0.15) is 30.6 Å². The second-order valence-electron chi connectivity index (χ2n) is 4.54. The van der Waals surface area contributed by atoms with E-state index in [2.05, 4.69) is 21.2 Å². The number of rotatable bonds is 4. The molecule has 0 fully saturated rings. The highest BCUT2D eigenvalue weighted by Crippen LogP contribution is 2.18. The molecule has 2 N–H and O–H groups in total. The molecule has 0 spiro atoms. The van der Waals surface area contributed by atoms with Crippen molar-refractivity contribution in [2.45, 2.75) is 25.8 Å². The number of nitrogens with one attached hydrogen (secondary N) is 1. The van der Waals surface area contributed by atoms with Gasteiger partial charge < -0.3 is 10.4 Å². The van der Waals surface area contributed by atoms with Crippen molar-refractivity contribution < 1.29 is 19.1 Å². The second-order valence-corrected chi connectivity index (χ2v) is 5.39. The number of carboxylic acid groups (broad SMARTS) is 1. The zero-order valence-electron chi connectivity index (χ0n) is 9.96. The molecule has 6 heteroatoms. The summed E-state index contributed by atoms with van der Waals surface area (Å²) >= 11 is 2.99. The molecule has 1 aromatic rings. The van der Waals surface area contributed by atoms with Gasteiger partial charge in [-0.25, -0.2) is 4.39 Å². The average molecular weight is 318 g/mol. The maximum Gasteiger partial charge on any atom is 0.305 e. The smallest absolute Gasteiger partial charge is 0.305 e. The van der Waals surface area contributed by atoms with Gasteiger partial charge in [0, 0.05) is 11.1 Å². The molecule has 0 saturated carbocycles. The summed E-state index contributed by atoms with van der Waals surface area (Å²) in [4.78, 5) is 22.5. The van der Waals surface area contributed by atoms with Crippen LogP contribution in [0.25, 0.3) is 0 Å². The highest BCUT2D eigenvalue weighted by Gasteiger charge is 2.24. The van der Waals surface area contributed by atoms with Crippen LogP contribution in [0.3, 0.4) is 0 Å². The number of carbonyl (C=O) groups excluding carboxylic acids is 1. The van der Waals surface area contributed by atoms with Crippen LogP contribution in [0.2, 0.25) is 0 Å². The molecule has 0 heterocycles. The quantitative estimate of drug-likeness (QED) is 0.897. The molecule has 0 aliphatic carbocycles. The van der Waals surface area contributed by atoms with Crippen molar-refractivity contribution in [3.63, 3.8) is 0 Å². The Kier molecular flexibility index (Phi) is 4.45. The normalized spacial score (nSPS) is 11.1. The molecule has 4 nitrogen and oxygen atoms in total. The molecule has 0 bridgehead atoms. The summed E-state index contributed by atoms with van der Waals surface area (Å²) in [6.45, 7) is 3.22. The lowest BCUT2D eigenvalue weighted by atomic mass is 10.00. The maximum atomic E-state index is 13.0. The van der Waals surface area contributed by atoms with E-state index in [0.29, 0.717) is 0 Å². The number of carbonyl (C=O) groups is 2. The van der Waals surface area contributed by atoms with Gasteiger partial charge in [-0.15, -0.1) is 0 Å². The number of benzene rings is 1. The Morgan fingerprint density at radius 2 is 2.06 bits per heavy atom. The zero-order valence-corrected chi connectivity index (χ0v) is 11.5. The first kappa shape index (κ1) is 14.6. The second kappa shape index (κ2) is 5.48. The molecule has 18 heavy (non-hydrogen) atoms. The Morgan fingerprint density at radius 1 is 1.44 bits per heavy atom. The van der Waals surface area contributed by atoms with Crippen LogP contribution in [0.4, 0.5) is 4.39 Å². The van der Waals surface area contributed by atoms with Gasteiger partial charge in [0.25, 0.3) is 5.91 Å². The van der Waals surface area contributed by atoms with E-state index in [4.69, 9.17) is 5.11 Å².